The number of carboxylic acid groups (broad SMARTS) is 1. The molecular formula is C24H23N3O6S. The predicted molar refractivity (Wildman–Crippen MR) is 128 cm³/mol. The third-order valence-corrected chi connectivity index (χ3v) is 6.59. The van der Waals surface area contributed by atoms with E-state index in [1.807, 2.05) is 6.92 Å². The SMILES string of the molecule is COc1cccc(N(CC(=O)N/N=C\c2ccc(C(=O)O)cc2)S(=O)(=O)c2ccc(C)cc2)c1. The molecule has 0 aliphatic heterocycles. The molecular weight excluding hydrogens is 458 g/mol. The van der Waals surface area contributed by atoms with E-state index in [2.05, 4.69) is 10.5 Å². The average Bonchev–Trinajstić information content (AvgIpc) is 2.83. The molecule has 0 saturated carbocycles. The number of carbonyl (C=O) groups is 2. The van der Waals surface area contributed by atoms with Gasteiger partial charge in [0.2, 0.25) is 0 Å². The fraction of sp³-hybridized carbons (Fsp3) is 0.125. The second-order valence-corrected chi connectivity index (χ2v) is 9.11. The van der Waals surface area contributed by atoms with Crippen molar-refractivity contribution in [3.05, 3.63) is 89.5 Å². The van der Waals surface area contributed by atoms with Gasteiger partial charge in [-0.25, -0.2) is 18.6 Å². The van der Waals surface area contributed by atoms with Crippen LogP contribution in [0.2, 0.25) is 0 Å². The molecule has 3 aromatic rings. The van der Waals surface area contributed by atoms with Crippen LogP contribution in [0, 0.1) is 6.92 Å². The highest BCUT2D eigenvalue weighted by molar-refractivity contribution is 7.92. The number of carbonyl (C=O) groups excluding carboxylic acids is 1. The number of amides is 1. The standard InChI is InChI=1S/C24H23N3O6S/c1-17-6-12-22(13-7-17)34(31,32)27(20-4-3-5-21(14-20)33-2)16-23(28)26-25-15-18-8-10-19(11-9-18)24(29)30/h3-15H,16H2,1-2H3,(H,26,28)(H,29,30)/b25-15-. The molecule has 10 heteroatoms. The molecule has 0 aliphatic rings. The van der Waals surface area contributed by atoms with E-state index in [4.69, 9.17) is 9.84 Å². The molecule has 3 aromatic carbocycles. The lowest BCUT2D eigenvalue weighted by atomic mass is 10.1. The van der Waals surface area contributed by atoms with Crippen molar-refractivity contribution >= 4 is 33.8 Å². The smallest absolute Gasteiger partial charge is 0.335 e. The van der Waals surface area contributed by atoms with Crippen molar-refractivity contribution in [3.8, 4) is 5.75 Å². The number of anilines is 1. The number of hydrogen-bond acceptors (Lipinski definition) is 6. The average molecular weight is 482 g/mol. The Morgan fingerprint density at radius 3 is 2.35 bits per heavy atom. The summed E-state index contributed by atoms with van der Waals surface area (Å²) >= 11 is 0. The maximum Gasteiger partial charge on any atom is 0.335 e. The highest BCUT2D eigenvalue weighted by Gasteiger charge is 2.27. The quantitative estimate of drug-likeness (QED) is 0.357. The molecule has 0 aromatic heterocycles. The summed E-state index contributed by atoms with van der Waals surface area (Å²) < 4.78 is 32.9. The molecule has 9 nitrogen and oxygen atoms in total. The summed E-state index contributed by atoms with van der Waals surface area (Å²) in [4.78, 5) is 23.6. The van der Waals surface area contributed by atoms with E-state index in [9.17, 15) is 18.0 Å². The molecule has 0 radical (unpaired) electrons. The van der Waals surface area contributed by atoms with Crippen LogP contribution < -0.4 is 14.5 Å². The third kappa shape index (κ3) is 5.99. The molecule has 176 valence electrons. The summed E-state index contributed by atoms with van der Waals surface area (Å²) in [5, 5.41) is 12.8. The van der Waals surface area contributed by atoms with Gasteiger partial charge in [-0.3, -0.25) is 9.10 Å². The van der Waals surface area contributed by atoms with Crippen LogP contribution in [0.1, 0.15) is 21.5 Å². The Kier molecular flexibility index (Phi) is 7.64. The molecule has 3 rings (SSSR count). The first-order chi connectivity index (χ1) is 16.2. The first-order valence-electron chi connectivity index (χ1n) is 10.1. The first-order valence-corrected chi connectivity index (χ1v) is 11.5. The number of aryl methyl sites for hydroxylation is 1. The number of nitrogens with one attached hydrogen (secondary N) is 1. The van der Waals surface area contributed by atoms with Crippen LogP contribution in [0.5, 0.6) is 5.75 Å². The van der Waals surface area contributed by atoms with E-state index in [0.29, 0.717) is 11.3 Å². The van der Waals surface area contributed by atoms with E-state index in [1.54, 1.807) is 30.3 Å². The van der Waals surface area contributed by atoms with Crippen LogP contribution >= 0.6 is 0 Å². The maximum atomic E-state index is 13.4. The van der Waals surface area contributed by atoms with Crippen LogP contribution in [0.25, 0.3) is 0 Å². The Hall–Kier alpha value is -4.18. The third-order valence-electron chi connectivity index (χ3n) is 4.80. The van der Waals surface area contributed by atoms with E-state index < -0.39 is 28.4 Å². The van der Waals surface area contributed by atoms with Gasteiger partial charge in [0.25, 0.3) is 15.9 Å². The summed E-state index contributed by atoms with van der Waals surface area (Å²) in [6.45, 7) is 1.32. The van der Waals surface area contributed by atoms with Crippen molar-refractivity contribution in [3.63, 3.8) is 0 Å². The molecule has 0 bridgehead atoms. The van der Waals surface area contributed by atoms with Gasteiger partial charge in [0, 0.05) is 6.07 Å². The Morgan fingerprint density at radius 1 is 1.06 bits per heavy atom. The molecule has 0 spiro atoms. The van der Waals surface area contributed by atoms with Gasteiger partial charge in [-0.05, 0) is 48.9 Å². The summed E-state index contributed by atoms with van der Waals surface area (Å²) in [7, 11) is -2.61. The second-order valence-electron chi connectivity index (χ2n) is 7.25. The number of carboxylic acids is 1. The fourth-order valence-electron chi connectivity index (χ4n) is 2.97. The van der Waals surface area contributed by atoms with Crippen LogP contribution in [0.15, 0.2) is 82.8 Å². The topological polar surface area (TPSA) is 125 Å². The molecule has 0 saturated heterocycles. The number of aromatic carboxylic acids is 1. The zero-order valence-corrected chi connectivity index (χ0v) is 19.3. The van der Waals surface area contributed by atoms with Crippen LogP contribution in [0.4, 0.5) is 5.69 Å². The number of hydrogen-bond donors (Lipinski definition) is 2. The van der Waals surface area contributed by atoms with Gasteiger partial charge in [-0.15, -0.1) is 0 Å². The van der Waals surface area contributed by atoms with Gasteiger partial charge in [0.05, 0.1) is 29.5 Å². The maximum absolute atomic E-state index is 13.4. The minimum absolute atomic E-state index is 0.0377. The monoisotopic (exact) mass is 481 g/mol. The lowest BCUT2D eigenvalue weighted by Crippen LogP contribution is -2.39. The number of ether oxygens (including phenoxy) is 1. The number of nitrogens with zero attached hydrogens (tertiary/aromatic N) is 2. The summed E-state index contributed by atoms with van der Waals surface area (Å²) in [6, 6.07) is 18.6. The van der Waals surface area contributed by atoms with Crippen molar-refractivity contribution in [2.24, 2.45) is 5.10 Å². The lowest BCUT2D eigenvalue weighted by molar-refractivity contribution is -0.119. The minimum Gasteiger partial charge on any atom is -0.497 e. The molecule has 0 fully saturated rings. The molecule has 2 N–H and O–H groups in total. The van der Waals surface area contributed by atoms with Gasteiger partial charge in [0.1, 0.15) is 12.3 Å². The Morgan fingerprint density at radius 2 is 1.74 bits per heavy atom. The highest BCUT2D eigenvalue weighted by Crippen LogP contribution is 2.27. The van der Waals surface area contributed by atoms with E-state index in [1.165, 1.54) is 55.8 Å². The largest absolute Gasteiger partial charge is 0.497 e. The number of rotatable bonds is 9. The highest BCUT2D eigenvalue weighted by atomic mass is 32.2. The van der Waals surface area contributed by atoms with Crippen LogP contribution in [-0.4, -0.2) is 45.3 Å². The molecule has 1 amide bonds. The van der Waals surface area contributed by atoms with Gasteiger partial charge >= 0.3 is 5.97 Å². The summed E-state index contributed by atoms with van der Waals surface area (Å²) in [6.07, 6.45) is 1.33. The second kappa shape index (κ2) is 10.6. The van der Waals surface area contributed by atoms with E-state index in [0.717, 1.165) is 9.87 Å². The first kappa shape index (κ1) is 24.5. The normalized spacial score (nSPS) is 11.2. The molecule has 0 aliphatic carbocycles. The zero-order valence-electron chi connectivity index (χ0n) is 18.5. The molecule has 0 unspecified atom stereocenters. The Balaban J connectivity index is 1.82. The lowest BCUT2D eigenvalue weighted by Gasteiger charge is -2.24. The summed E-state index contributed by atoms with van der Waals surface area (Å²) in [5.74, 6) is -1.29. The van der Waals surface area contributed by atoms with Crippen molar-refractivity contribution < 1.29 is 27.9 Å². The minimum atomic E-state index is -4.07. The Bertz CT molecular complexity index is 1300. The summed E-state index contributed by atoms with van der Waals surface area (Å²) in [5.41, 5.74) is 4.14. The molecule has 0 atom stereocenters. The number of methoxy groups -OCH3 is 1. The van der Waals surface area contributed by atoms with Crippen molar-refractivity contribution in [2.45, 2.75) is 11.8 Å². The van der Waals surface area contributed by atoms with Gasteiger partial charge in [-0.1, -0.05) is 35.9 Å². The van der Waals surface area contributed by atoms with Gasteiger partial charge < -0.3 is 9.84 Å². The van der Waals surface area contributed by atoms with Gasteiger partial charge in [-0.2, -0.15) is 5.10 Å². The molecule has 34 heavy (non-hydrogen) atoms. The van der Waals surface area contributed by atoms with Crippen LogP contribution in [-0.2, 0) is 14.8 Å². The van der Waals surface area contributed by atoms with Crippen LogP contribution in [0.3, 0.4) is 0 Å². The van der Waals surface area contributed by atoms with Crippen molar-refractivity contribution in [1.82, 2.24) is 5.43 Å². The number of benzene rings is 3. The van der Waals surface area contributed by atoms with E-state index >= 15 is 0 Å². The predicted octanol–water partition coefficient (Wildman–Crippen LogP) is 3.05. The van der Waals surface area contributed by atoms with Crippen molar-refractivity contribution in [1.29, 1.82) is 0 Å². The van der Waals surface area contributed by atoms with Crippen molar-refractivity contribution in [2.75, 3.05) is 18.0 Å². The Labute approximate surface area is 197 Å². The number of hydrazone groups is 1. The molecule has 0 heterocycles. The van der Waals surface area contributed by atoms with E-state index in [-0.39, 0.29) is 16.1 Å². The van der Waals surface area contributed by atoms with Gasteiger partial charge in [0.15, 0.2) is 0 Å². The number of sulfonamides is 1. The fourth-order valence-corrected chi connectivity index (χ4v) is 4.39. The zero-order chi connectivity index (χ0) is 24.7.